The van der Waals surface area contributed by atoms with E-state index < -0.39 is 0 Å². The number of aromatic nitrogens is 2. The van der Waals surface area contributed by atoms with Gasteiger partial charge in [0.05, 0.1) is 5.69 Å². The fourth-order valence-corrected chi connectivity index (χ4v) is 1.88. The Morgan fingerprint density at radius 3 is 2.79 bits per heavy atom. The van der Waals surface area contributed by atoms with E-state index >= 15 is 0 Å². The van der Waals surface area contributed by atoms with Crippen molar-refractivity contribution < 1.29 is 0 Å². The van der Waals surface area contributed by atoms with Gasteiger partial charge in [-0.3, -0.25) is 0 Å². The second kappa shape index (κ2) is 3.06. The molecule has 0 radical (unpaired) electrons. The molecule has 74 valence electrons. The Kier molecular flexibility index (Phi) is 2.11. The number of hydrogen-bond donors (Lipinski definition) is 0. The number of hydrogen-bond acceptors (Lipinski definition) is 2. The maximum absolute atomic E-state index is 6.04. The largest absolute Gasteiger partial charge is 0.237 e. The summed E-state index contributed by atoms with van der Waals surface area (Å²) in [7, 11) is 0. The van der Waals surface area contributed by atoms with Crippen LogP contribution in [0.4, 0.5) is 0 Å². The molecule has 0 aromatic carbocycles. The van der Waals surface area contributed by atoms with Crippen LogP contribution in [0, 0.1) is 5.41 Å². The van der Waals surface area contributed by atoms with Crippen LogP contribution >= 0.6 is 11.6 Å². The molecule has 2 rings (SSSR count). The predicted molar refractivity (Wildman–Crippen MR) is 58.2 cm³/mol. The summed E-state index contributed by atoms with van der Waals surface area (Å²) in [6, 6.07) is 0. The summed E-state index contributed by atoms with van der Waals surface area (Å²) in [5.41, 5.74) is 3.56. The van der Waals surface area contributed by atoms with Gasteiger partial charge < -0.3 is 0 Å². The van der Waals surface area contributed by atoms with E-state index in [2.05, 4.69) is 36.8 Å². The highest BCUT2D eigenvalue weighted by molar-refractivity contribution is 6.30. The van der Waals surface area contributed by atoms with Crippen LogP contribution in [-0.2, 0) is 6.42 Å². The van der Waals surface area contributed by atoms with Gasteiger partial charge in [0.1, 0.15) is 11.5 Å². The second-order valence-corrected chi connectivity index (χ2v) is 4.77. The first kappa shape index (κ1) is 9.66. The minimum Gasteiger partial charge on any atom is -0.237 e. The average molecular weight is 209 g/mol. The van der Waals surface area contributed by atoms with Gasteiger partial charge in [-0.1, -0.05) is 31.0 Å². The third-order valence-corrected chi connectivity index (χ3v) is 3.29. The zero-order chi connectivity index (χ0) is 10.3. The summed E-state index contributed by atoms with van der Waals surface area (Å²) < 4.78 is 0. The van der Waals surface area contributed by atoms with E-state index in [1.807, 2.05) is 0 Å². The number of fused-ring (bicyclic) bond motifs is 1. The monoisotopic (exact) mass is 208 g/mol. The Morgan fingerprint density at radius 1 is 1.36 bits per heavy atom. The molecule has 0 saturated carbocycles. The highest BCUT2D eigenvalue weighted by Gasteiger charge is 2.28. The van der Waals surface area contributed by atoms with Gasteiger partial charge in [0, 0.05) is 5.56 Å². The summed E-state index contributed by atoms with van der Waals surface area (Å²) in [5, 5.41) is 0.590. The SMILES string of the molecule is CC1=Cc2ncnc(Cl)c2CC1(C)C. The molecular formula is C11H13ClN2. The summed E-state index contributed by atoms with van der Waals surface area (Å²) >= 11 is 6.04. The van der Waals surface area contributed by atoms with Crippen molar-refractivity contribution in [3.8, 4) is 0 Å². The lowest BCUT2D eigenvalue weighted by Gasteiger charge is -2.30. The van der Waals surface area contributed by atoms with Crippen molar-refractivity contribution in [1.29, 1.82) is 0 Å². The number of rotatable bonds is 0. The lowest BCUT2D eigenvalue weighted by atomic mass is 9.75. The molecular weight excluding hydrogens is 196 g/mol. The normalized spacial score (nSPS) is 18.7. The predicted octanol–water partition coefficient (Wildman–Crippen LogP) is 3.12. The first-order valence-corrected chi connectivity index (χ1v) is 5.07. The van der Waals surface area contributed by atoms with Gasteiger partial charge in [0.25, 0.3) is 0 Å². The van der Waals surface area contributed by atoms with Gasteiger partial charge in [-0.05, 0) is 24.8 Å². The van der Waals surface area contributed by atoms with E-state index in [0.717, 1.165) is 17.7 Å². The molecule has 0 N–H and O–H groups in total. The highest BCUT2D eigenvalue weighted by atomic mass is 35.5. The van der Waals surface area contributed by atoms with Crippen LogP contribution < -0.4 is 0 Å². The molecule has 0 unspecified atom stereocenters. The molecule has 0 atom stereocenters. The van der Waals surface area contributed by atoms with Gasteiger partial charge in [0.2, 0.25) is 0 Å². The van der Waals surface area contributed by atoms with E-state index in [-0.39, 0.29) is 5.41 Å². The third-order valence-electron chi connectivity index (χ3n) is 2.97. The van der Waals surface area contributed by atoms with Gasteiger partial charge in [-0.25, -0.2) is 9.97 Å². The van der Waals surface area contributed by atoms with Crippen molar-refractivity contribution in [2.24, 2.45) is 5.41 Å². The molecule has 2 nitrogen and oxygen atoms in total. The second-order valence-electron chi connectivity index (χ2n) is 4.42. The van der Waals surface area contributed by atoms with E-state index in [1.165, 1.54) is 11.9 Å². The van der Waals surface area contributed by atoms with Crippen molar-refractivity contribution in [3.63, 3.8) is 0 Å². The molecule has 1 aromatic heterocycles. The molecule has 0 bridgehead atoms. The Morgan fingerprint density at radius 2 is 2.07 bits per heavy atom. The van der Waals surface area contributed by atoms with Gasteiger partial charge >= 0.3 is 0 Å². The van der Waals surface area contributed by atoms with Crippen LogP contribution in [0.3, 0.4) is 0 Å². The summed E-state index contributed by atoms with van der Waals surface area (Å²) in [6.07, 6.45) is 4.54. The molecule has 1 aliphatic rings. The lowest BCUT2D eigenvalue weighted by molar-refractivity contribution is 0.439. The maximum atomic E-state index is 6.04. The molecule has 1 aromatic rings. The van der Waals surface area contributed by atoms with Crippen molar-refractivity contribution in [1.82, 2.24) is 9.97 Å². The van der Waals surface area contributed by atoms with Crippen LogP contribution in [-0.4, -0.2) is 9.97 Å². The smallest absolute Gasteiger partial charge is 0.136 e. The fraction of sp³-hybridized carbons (Fsp3) is 0.455. The zero-order valence-corrected chi connectivity index (χ0v) is 9.39. The van der Waals surface area contributed by atoms with Crippen LogP contribution in [0.15, 0.2) is 11.9 Å². The van der Waals surface area contributed by atoms with Crippen molar-refractivity contribution in [3.05, 3.63) is 28.3 Å². The quantitative estimate of drug-likeness (QED) is 0.613. The van der Waals surface area contributed by atoms with E-state index in [9.17, 15) is 0 Å². The highest BCUT2D eigenvalue weighted by Crippen LogP contribution is 2.38. The van der Waals surface area contributed by atoms with Crippen molar-refractivity contribution in [2.45, 2.75) is 27.2 Å². The summed E-state index contributed by atoms with van der Waals surface area (Å²) in [5.74, 6) is 0. The molecule has 3 heteroatoms. The van der Waals surface area contributed by atoms with Crippen LogP contribution in [0.1, 0.15) is 32.0 Å². The summed E-state index contributed by atoms with van der Waals surface area (Å²) in [6.45, 7) is 6.56. The fourth-order valence-electron chi connectivity index (χ4n) is 1.67. The Hall–Kier alpha value is -0.890. The van der Waals surface area contributed by atoms with Crippen LogP contribution in [0.5, 0.6) is 0 Å². The van der Waals surface area contributed by atoms with Crippen LogP contribution in [0.2, 0.25) is 5.15 Å². The first-order chi connectivity index (χ1) is 6.50. The Bertz CT molecular complexity index is 408. The molecule has 0 amide bonds. The van der Waals surface area contributed by atoms with Gasteiger partial charge in [-0.15, -0.1) is 0 Å². The number of halogens is 1. The standard InChI is InChI=1S/C11H13ClN2/c1-7-4-9-8(5-11(7,2)3)10(12)14-6-13-9/h4,6H,5H2,1-3H3. The first-order valence-electron chi connectivity index (χ1n) is 4.69. The Balaban J connectivity index is 2.59. The van der Waals surface area contributed by atoms with Gasteiger partial charge in [-0.2, -0.15) is 0 Å². The molecule has 1 aliphatic carbocycles. The van der Waals surface area contributed by atoms with E-state index in [4.69, 9.17) is 11.6 Å². The lowest BCUT2D eigenvalue weighted by Crippen LogP contribution is -2.21. The van der Waals surface area contributed by atoms with Crippen molar-refractivity contribution in [2.75, 3.05) is 0 Å². The Labute approximate surface area is 89.0 Å². The molecule has 0 saturated heterocycles. The minimum absolute atomic E-state index is 0.168. The molecule has 0 fully saturated rings. The number of allylic oxidation sites excluding steroid dienone is 1. The maximum Gasteiger partial charge on any atom is 0.136 e. The third kappa shape index (κ3) is 1.44. The zero-order valence-electron chi connectivity index (χ0n) is 8.63. The molecule has 14 heavy (non-hydrogen) atoms. The van der Waals surface area contributed by atoms with Crippen molar-refractivity contribution >= 4 is 17.7 Å². The molecule has 0 spiro atoms. The average Bonchev–Trinajstić information content (AvgIpc) is 2.09. The minimum atomic E-state index is 0.168. The van der Waals surface area contributed by atoms with Gasteiger partial charge in [0.15, 0.2) is 0 Å². The number of nitrogens with zero attached hydrogens (tertiary/aromatic N) is 2. The molecule has 1 heterocycles. The molecule has 0 aliphatic heterocycles. The summed E-state index contributed by atoms with van der Waals surface area (Å²) in [4.78, 5) is 8.23. The van der Waals surface area contributed by atoms with E-state index in [1.54, 1.807) is 0 Å². The van der Waals surface area contributed by atoms with Crippen LogP contribution in [0.25, 0.3) is 6.08 Å². The van der Waals surface area contributed by atoms with E-state index in [0.29, 0.717) is 5.15 Å². The topological polar surface area (TPSA) is 25.8 Å².